The van der Waals surface area contributed by atoms with Gasteiger partial charge in [-0.1, -0.05) is 0 Å². The van der Waals surface area contributed by atoms with Gasteiger partial charge in [-0.15, -0.1) is 0 Å². The van der Waals surface area contributed by atoms with Gasteiger partial charge in [0.1, 0.15) is 17.5 Å². The number of rotatable bonds is 5. The summed E-state index contributed by atoms with van der Waals surface area (Å²) in [6.07, 6.45) is 7.84. The molecule has 0 spiro atoms. The Kier molecular flexibility index (Phi) is 4.91. The fourth-order valence-electron chi connectivity index (χ4n) is 4.05. The molecular formula is C21H30N2O4. The number of hydrogen-bond donors (Lipinski definition) is 0. The fraction of sp³-hybridized carbons (Fsp3) is 0.714. The first kappa shape index (κ1) is 18.4. The van der Waals surface area contributed by atoms with E-state index in [4.69, 9.17) is 14.2 Å². The van der Waals surface area contributed by atoms with Crippen molar-refractivity contribution in [2.45, 2.75) is 83.1 Å². The number of fused-ring (bicyclic) bond motifs is 2. The number of carbonyl (C=O) groups is 1. The average molecular weight is 374 g/mol. The lowest BCUT2D eigenvalue weighted by Gasteiger charge is -2.39. The van der Waals surface area contributed by atoms with Crippen molar-refractivity contribution in [3.8, 4) is 11.6 Å². The van der Waals surface area contributed by atoms with Crippen molar-refractivity contribution in [1.29, 1.82) is 0 Å². The van der Waals surface area contributed by atoms with Gasteiger partial charge in [0, 0.05) is 37.2 Å². The minimum absolute atomic E-state index is 0.0763. The van der Waals surface area contributed by atoms with E-state index in [0.717, 1.165) is 44.0 Å². The summed E-state index contributed by atoms with van der Waals surface area (Å²) in [6.45, 7) is 6.51. The van der Waals surface area contributed by atoms with Crippen LogP contribution in [-0.2, 0) is 4.74 Å². The molecule has 2 bridgehead atoms. The van der Waals surface area contributed by atoms with E-state index < -0.39 is 5.60 Å². The second-order valence-electron chi connectivity index (χ2n) is 9.07. The Morgan fingerprint density at radius 2 is 1.89 bits per heavy atom. The van der Waals surface area contributed by atoms with Crippen molar-refractivity contribution >= 4 is 6.09 Å². The van der Waals surface area contributed by atoms with Crippen molar-refractivity contribution < 1.29 is 19.0 Å². The van der Waals surface area contributed by atoms with Crippen LogP contribution in [0, 0.1) is 5.92 Å². The zero-order valence-corrected chi connectivity index (χ0v) is 16.5. The van der Waals surface area contributed by atoms with Gasteiger partial charge in [0.2, 0.25) is 5.88 Å². The van der Waals surface area contributed by atoms with Crippen LogP contribution in [-0.4, -0.2) is 46.4 Å². The summed E-state index contributed by atoms with van der Waals surface area (Å²) in [7, 11) is 0. The maximum absolute atomic E-state index is 12.6. The average Bonchev–Trinajstić information content (AvgIpc) is 3.36. The van der Waals surface area contributed by atoms with Crippen LogP contribution < -0.4 is 9.47 Å². The normalized spacial score (nSPS) is 27.4. The molecule has 3 fully saturated rings. The summed E-state index contributed by atoms with van der Waals surface area (Å²) in [5.41, 5.74) is -0.464. The predicted molar refractivity (Wildman–Crippen MR) is 101 cm³/mol. The molecule has 1 amide bonds. The zero-order chi connectivity index (χ0) is 19.0. The Hall–Kier alpha value is -1.98. The van der Waals surface area contributed by atoms with Crippen molar-refractivity contribution in [3.63, 3.8) is 0 Å². The number of carbonyl (C=O) groups excluding carboxylic acids is 1. The molecule has 1 saturated carbocycles. The van der Waals surface area contributed by atoms with E-state index in [1.807, 2.05) is 37.8 Å². The van der Waals surface area contributed by atoms with Crippen molar-refractivity contribution in [2.75, 3.05) is 6.61 Å². The third-order valence-corrected chi connectivity index (χ3v) is 5.47. The molecule has 0 N–H and O–H groups in total. The molecule has 1 aromatic heterocycles. The lowest BCUT2D eigenvalue weighted by molar-refractivity contribution is -0.00761. The summed E-state index contributed by atoms with van der Waals surface area (Å²) in [6, 6.07) is 4.14. The lowest BCUT2D eigenvalue weighted by Crippen LogP contribution is -2.50. The Labute approximate surface area is 161 Å². The molecule has 0 aromatic carbocycles. The van der Waals surface area contributed by atoms with Gasteiger partial charge in [-0.05, 0) is 58.4 Å². The minimum atomic E-state index is -0.464. The summed E-state index contributed by atoms with van der Waals surface area (Å²) in [4.78, 5) is 18.8. The summed E-state index contributed by atoms with van der Waals surface area (Å²) in [5, 5.41) is 0. The van der Waals surface area contributed by atoms with E-state index in [1.165, 1.54) is 12.8 Å². The van der Waals surface area contributed by atoms with Crippen LogP contribution in [0.5, 0.6) is 11.6 Å². The SMILES string of the molecule is CC(C)(C)OC(=O)N1[C@@H]2CC[C@H]1C[C@@H](Oc1cc(OCC3CC3)ccn1)C2. The summed E-state index contributed by atoms with van der Waals surface area (Å²) in [5.74, 6) is 2.15. The molecule has 3 heterocycles. The molecular weight excluding hydrogens is 344 g/mol. The molecule has 1 aromatic rings. The smallest absolute Gasteiger partial charge is 0.410 e. The standard InChI is InChI=1S/C21H30N2O4/c1-21(2,3)27-20(24)23-15-6-7-16(23)11-18(10-15)26-19-12-17(8-9-22-19)25-13-14-4-5-14/h8-9,12,14-16,18H,4-7,10-11,13H2,1-3H3/t15-,16+,18+. The largest absolute Gasteiger partial charge is 0.493 e. The van der Waals surface area contributed by atoms with Gasteiger partial charge in [0.25, 0.3) is 0 Å². The third-order valence-electron chi connectivity index (χ3n) is 5.47. The van der Waals surface area contributed by atoms with E-state index in [2.05, 4.69) is 4.98 Å². The molecule has 6 heteroatoms. The highest BCUT2D eigenvalue weighted by Crippen LogP contribution is 2.38. The highest BCUT2D eigenvalue weighted by atomic mass is 16.6. The van der Waals surface area contributed by atoms with Gasteiger partial charge < -0.3 is 19.1 Å². The number of hydrogen-bond acceptors (Lipinski definition) is 5. The Bertz CT molecular complexity index is 669. The Morgan fingerprint density at radius 1 is 1.19 bits per heavy atom. The van der Waals surface area contributed by atoms with Crippen LogP contribution in [0.15, 0.2) is 18.3 Å². The van der Waals surface area contributed by atoms with Gasteiger partial charge in [-0.25, -0.2) is 9.78 Å². The molecule has 1 aliphatic carbocycles. The molecule has 27 heavy (non-hydrogen) atoms. The van der Waals surface area contributed by atoms with Gasteiger partial charge in [0.15, 0.2) is 0 Å². The topological polar surface area (TPSA) is 60.9 Å². The Morgan fingerprint density at radius 3 is 2.52 bits per heavy atom. The van der Waals surface area contributed by atoms with Crippen molar-refractivity contribution in [1.82, 2.24) is 9.88 Å². The Balaban J connectivity index is 1.34. The molecule has 2 saturated heterocycles. The first-order chi connectivity index (χ1) is 12.9. The van der Waals surface area contributed by atoms with E-state index in [1.54, 1.807) is 6.20 Å². The molecule has 0 radical (unpaired) electrons. The van der Waals surface area contributed by atoms with E-state index in [-0.39, 0.29) is 24.3 Å². The second kappa shape index (κ2) is 7.21. The zero-order valence-electron chi connectivity index (χ0n) is 16.5. The fourth-order valence-corrected chi connectivity index (χ4v) is 4.05. The molecule has 0 unspecified atom stereocenters. The van der Waals surface area contributed by atoms with Crippen LogP contribution >= 0.6 is 0 Å². The predicted octanol–water partition coefficient (Wildman–Crippen LogP) is 4.18. The van der Waals surface area contributed by atoms with Crippen LogP contribution in [0.4, 0.5) is 4.79 Å². The van der Waals surface area contributed by atoms with Crippen LogP contribution in [0.2, 0.25) is 0 Å². The quantitative estimate of drug-likeness (QED) is 0.774. The monoisotopic (exact) mass is 374 g/mol. The van der Waals surface area contributed by atoms with E-state index in [0.29, 0.717) is 5.88 Å². The third kappa shape index (κ3) is 4.66. The second-order valence-corrected chi connectivity index (χ2v) is 9.07. The highest BCUT2D eigenvalue weighted by molar-refractivity contribution is 5.69. The van der Waals surface area contributed by atoms with Crippen LogP contribution in [0.25, 0.3) is 0 Å². The first-order valence-corrected chi connectivity index (χ1v) is 10.1. The number of nitrogens with zero attached hydrogens (tertiary/aromatic N) is 2. The van der Waals surface area contributed by atoms with E-state index >= 15 is 0 Å². The lowest BCUT2D eigenvalue weighted by atomic mass is 10.0. The maximum atomic E-state index is 12.6. The maximum Gasteiger partial charge on any atom is 0.410 e. The first-order valence-electron chi connectivity index (χ1n) is 10.1. The molecule has 3 aliphatic rings. The molecule has 6 nitrogen and oxygen atoms in total. The number of pyridine rings is 1. The van der Waals surface area contributed by atoms with E-state index in [9.17, 15) is 4.79 Å². The minimum Gasteiger partial charge on any atom is -0.493 e. The number of aromatic nitrogens is 1. The van der Waals surface area contributed by atoms with Gasteiger partial charge in [0.05, 0.1) is 6.61 Å². The highest BCUT2D eigenvalue weighted by Gasteiger charge is 2.45. The molecule has 3 atom stereocenters. The van der Waals surface area contributed by atoms with Gasteiger partial charge >= 0.3 is 6.09 Å². The number of ether oxygens (including phenoxy) is 3. The summed E-state index contributed by atoms with van der Waals surface area (Å²) >= 11 is 0. The van der Waals surface area contributed by atoms with Crippen molar-refractivity contribution in [3.05, 3.63) is 18.3 Å². The van der Waals surface area contributed by atoms with Gasteiger partial charge in [-0.2, -0.15) is 0 Å². The summed E-state index contributed by atoms with van der Waals surface area (Å²) < 4.78 is 17.6. The van der Waals surface area contributed by atoms with Crippen LogP contribution in [0.1, 0.15) is 59.3 Å². The van der Waals surface area contributed by atoms with Gasteiger partial charge in [-0.3, -0.25) is 0 Å². The van der Waals surface area contributed by atoms with Crippen molar-refractivity contribution in [2.24, 2.45) is 5.92 Å². The number of piperidine rings is 1. The molecule has 4 rings (SSSR count). The molecule has 2 aliphatic heterocycles. The van der Waals surface area contributed by atoms with Crippen LogP contribution in [0.3, 0.4) is 0 Å². The molecule has 148 valence electrons. The number of amides is 1.